The first-order valence-corrected chi connectivity index (χ1v) is 8.41. The van der Waals surface area contributed by atoms with Crippen molar-refractivity contribution in [1.82, 2.24) is 19.9 Å². The van der Waals surface area contributed by atoms with Gasteiger partial charge in [-0.2, -0.15) is 0 Å². The Balaban J connectivity index is 1.92. The van der Waals surface area contributed by atoms with Crippen LogP contribution < -0.4 is 0 Å². The number of amides is 1. The summed E-state index contributed by atoms with van der Waals surface area (Å²) in [5.41, 5.74) is 2.73. The molecule has 0 bridgehead atoms. The van der Waals surface area contributed by atoms with Crippen LogP contribution in [0.5, 0.6) is 0 Å². The van der Waals surface area contributed by atoms with Crippen molar-refractivity contribution in [3.63, 3.8) is 0 Å². The molecule has 0 spiro atoms. The fraction of sp³-hybridized carbons (Fsp3) is 0.444. The maximum Gasteiger partial charge on any atom is 0.326 e. The first-order valence-electron chi connectivity index (χ1n) is 8.41. The highest BCUT2D eigenvalue weighted by Gasteiger charge is 2.36. The van der Waals surface area contributed by atoms with Gasteiger partial charge < -0.3 is 10.0 Å². The van der Waals surface area contributed by atoms with E-state index in [-0.39, 0.29) is 17.5 Å². The smallest absolute Gasteiger partial charge is 0.326 e. The van der Waals surface area contributed by atoms with E-state index in [1.165, 1.54) is 4.90 Å². The Morgan fingerprint density at radius 2 is 2.04 bits per heavy atom. The van der Waals surface area contributed by atoms with E-state index in [9.17, 15) is 14.7 Å². The number of benzene rings is 1. The molecule has 1 N–H and O–H groups in total. The fourth-order valence-electron chi connectivity index (χ4n) is 3.29. The highest BCUT2D eigenvalue weighted by Crippen LogP contribution is 2.25. The summed E-state index contributed by atoms with van der Waals surface area (Å²) in [6, 6.07) is 6.94. The average Bonchev–Trinajstić information content (AvgIpc) is 2.95. The SMILES string of the molecule is Cc1cccc(-n2nnc(C(=O)N3CCC(C)CC3C(=O)O)c2C)c1. The van der Waals surface area contributed by atoms with Crippen molar-refractivity contribution in [3.8, 4) is 5.69 Å². The zero-order valence-electron chi connectivity index (χ0n) is 14.6. The monoisotopic (exact) mass is 342 g/mol. The van der Waals surface area contributed by atoms with E-state index in [1.54, 1.807) is 11.6 Å². The van der Waals surface area contributed by atoms with Crippen LogP contribution in [-0.4, -0.2) is 49.5 Å². The number of carboxylic acids is 1. The highest BCUT2D eigenvalue weighted by atomic mass is 16.4. The first-order chi connectivity index (χ1) is 11.9. The quantitative estimate of drug-likeness (QED) is 0.924. The van der Waals surface area contributed by atoms with Gasteiger partial charge in [0.05, 0.1) is 11.4 Å². The Kier molecular flexibility index (Phi) is 4.57. The second-order valence-electron chi connectivity index (χ2n) is 6.76. The van der Waals surface area contributed by atoms with Crippen LogP contribution in [0, 0.1) is 19.8 Å². The number of likely N-dealkylation sites (tertiary alicyclic amines) is 1. The Labute approximate surface area is 146 Å². The van der Waals surface area contributed by atoms with Gasteiger partial charge in [0.2, 0.25) is 0 Å². The molecule has 1 aliphatic heterocycles. The molecule has 1 aliphatic rings. The Morgan fingerprint density at radius 3 is 2.72 bits per heavy atom. The molecule has 2 heterocycles. The highest BCUT2D eigenvalue weighted by molar-refractivity contribution is 5.96. The zero-order valence-corrected chi connectivity index (χ0v) is 14.6. The summed E-state index contributed by atoms with van der Waals surface area (Å²) in [6.45, 7) is 6.19. The van der Waals surface area contributed by atoms with Gasteiger partial charge in [-0.3, -0.25) is 4.79 Å². The minimum Gasteiger partial charge on any atom is -0.480 e. The maximum atomic E-state index is 12.9. The number of aliphatic carboxylic acids is 1. The van der Waals surface area contributed by atoms with Crippen molar-refractivity contribution in [3.05, 3.63) is 41.2 Å². The van der Waals surface area contributed by atoms with E-state index >= 15 is 0 Å². The number of rotatable bonds is 3. The van der Waals surface area contributed by atoms with E-state index in [0.717, 1.165) is 17.7 Å². The number of hydrogen-bond acceptors (Lipinski definition) is 4. The van der Waals surface area contributed by atoms with Gasteiger partial charge in [0.15, 0.2) is 5.69 Å². The third kappa shape index (κ3) is 3.26. The van der Waals surface area contributed by atoms with Gasteiger partial charge in [-0.15, -0.1) is 5.10 Å². The molecule has 0 aliphatic carbocycles. The Bertz CT molecular complexity index is 814. The number of hydrogen-bond donors (Lipinski definition) is 1. The second kappa shape index (κ2) is 6.66. The molecule has 0 radical (unpaired) electrons. The number of carbonyl (C=O) groups excluding carboxylic acids is 1. The summed E-state index contributed by atoms with van der Waals surface area (Å²) in [7, 11) is 0. The average molecular weight is 342 g/mol. The standard InChI is InChI=1S/C18H22N4O3/c1-11-5-4-6-14(9-11)22-13(3)16(19-20-22)17(23)21-8-7-12(2)10-15(21)18(24)25/h4-6,9,12,15H,7-8,10H2,1-3H3,(H,24,25). The Hall–Kier alpha value is -2.70. The summed E-state index contributed by atoms with van der Waals surface area (Å²) in [5, 5.41) is 17.6. The third-order valence-corrected chi connectivity index (χ3v) is 4.75. The van der Waals surface area contributed by atoms with Gasteiger partial charge in [0.25, 0.3) is 5.91 Å². The lowest BCUT2D eigenvalue weighted by atomic mass is 9.92. The predicted molar refractivity (Wildman–Crippen MR) is 91.7 cm³/mol. The van der Waals surface area contributed by atoms with Crippen molar-refractivity contribution in [2.45, 2.75) is 39.7 Å². The first kappa shape index (κ1) is 17.1. The Morgan fingerprint density at radius 1 is 1.28 bits per heavy atom. The van der Waals surface area contributed by atoms with Crippen LogP contribution in [-0.2, 0) is 4.79 Å². The predicted octanol–water partition coefficient (Wildman–Crippen LogP) is 2.21. The van der Waals surface area contributed by atoms with Gasteiger partial charge in [-0.25, -0.2) is 9.48 Å². The van der Waals surface area contributed by atoms with Crippen LogP contribution in [0.3, 0.4) is 0 Å². The van der Waals surface area contributed by atoms with Gasteiger partial charge in [-0.05, 0) is 50.3 Å². The van der Waals surface area contributed by atoms with E-state index in [1.807, 2.05) is 38.1 Å². The molecule has 3 rings (SSSR count). The number of nitrogens with zero attached hydrogens (tertiary/aromatic N) is 4. The van der Waals surface area contributed by atoms with Crippen LogP contribution in [0.15, 0.2) is 24.3 Å². The van der Waals surface area contributed by atoms with Gasteiger partial charge in [0, 0.05) is 6.54 Å². The summed E-state index contributed by atoms with van der Waals surface area (Å²) < 4.78 is 1.61. The molecule has 132 valence electrons. The van der Waals surface area contributed by atoms with Crippen molar-refractivity contribution in [2.75, 3.05) is 6.54 Å². The van der Waals surface area contributed by atoms with Crippen LogP contribution in [0.4, 0.5) is 0 Å². The molecule has 1 fully saturated rings. The molecule has 1 aromatic heterocycles. The lowest BCUT2D eigenvalue weighted by Gasteiger charge is -2.35. The number of carboxylic acid groups (broad SMARTS) is 1. The van der Waals surface area contributed by atoms with Gasteiger partial charge >= 0.3 is 5.97 Å². The van der Waals surface area contributed by atoms with Crippen molar-refractivity contribution >= 4 is 11.9 Å². The lowest BCUT2D eigenvalue weighted by Crippen LogP contribution is -2.50. The molecule has 25 heavy (non-hydrogen) atoms. The van der Waals surface area contributed by atoms with Crippen LogP contribution in [0.25, 0.3) is 5.69 Å². The molecule has 0 saturated carbocycles. The molecule has 1 saturated heterocycles. The molecule has 7 heteroatoms. The minimum atomic E-state index is -0.969. The molecular weight excluding hydrogens is 320 g/mol. The van der Waals surface area contributed by atoms with E-state index in [0.29, 0.717) is 18.7 Å². The molecule has 1 aromatic carbocycles. The zero-order chi connectivity index (χ0) is 18.1. The van der Waals surface area contributed by atoms with Gasteiger partial charge in [-0.1, -0.05) is 24.3 Å². The van der Waals surface area contributed by atoms with Crippen LogP contribution in [0.1, 0.15) is 41.5 Å². The lowest BCUT2D eigenvalue weighted by molar-refractivity contribution is -0.144. The number of carbonyl (C=O) groups is 2. The normalized spacial score (nSPS) is 20.5. The topological polar surface area (TPSA) is 88.3 Å². The number of piperidine rings is 1. The van der Waals surface area contributed by atoms with Crippen molar-refractivity contribution in [2.24, 2.45) is 5.92 Å². The fourth-order valence-corrected chi connectivity index (χ4v) is 3.29. The molecule has 7 nitrogen and oxygen atoms in total. The molecule has 2 aromatic rings. The molecule has 1 amide bonds. The van der Waals surface area contributed by atoms with Crippen molar-refractivity contribution in [1.29, 1.82) is 0 Å². The number of aryl methyl sites for hydroxylation is 1. The second-order valence-corrected chi connectivity index (χ2v) is 6.76. The summed E-state index contributed by atoms with van der Waals surface area (Å²) in [5.74, 6) is -1.05. The largest absolute Gasteiger partial charge is 0.480 e. The van der Waals surface area contributed by atoms with E-state index in [2.05, 4.69) is 10.3 Å². The third-order valence-electron chi connectivity index (χ3n) is 4.75. The van der Waals surface area contributed by atoms with E-state index in [4.69, 9.17) is 0 Å². The van der Waals surface area contributed by atoms with Crippen LogP contribution in [0.2, 0.25) is 0 Å². The van der Waals surface area contributed by atoms with E-state index < -0.39 is 12.0 Å². The van der Waals surface area contributed by atoms with Crippen molar-refractivity contribution < 1.29 is 14.7 Å². The molecule has 2 unspecified atom stereocenters. The van der Waals surface area contributed by atoms with Crippen LogP contribution >= 0.6 is 0 Å². The molecule has 2 atom stereocenters. The number of aromatic nitrogens is 3. The summed E-state index contributed by atoms with van der Waals surface area (Å²) >= 11 is 0. The minimum absolute atomic E-state index is 0.210. The summed E-state index contributed by atoms with van der Waals surface area (Å²) in [4.78, 5) is 25.9. The maximum absolute atomic E-state index is 12.9. The molecular formula is C18H22N4O3. The van der Waals surface area contributed by atoms with Gasteiger partial charge in [0.1, 0.15) is 6.04 Å². The summed E-state index contributed by atoms with van der Waals surface area (Å²) in [6.07, 6.45) is 1.26.